The molecule has 1 aromatic carbocycles. The van der Waals surface area contributed by atoms with Gasteiger partial charge in [-0.05, 0) is 31.4 Å². The van der Waals surface area contributed by atoms with Crippen LogP contribution in [0.4, 0.5) is 11.6 Å². The summed E-state index contributed by atoms with van der Waals surface area (Å²) in [5.74, 6) is 0.921. The van der Waals surface area contributed by atoms with Gasteiger partial charge < -0.3 is 9.88 Å². The van der Waals surface area contributed by atoms with Crippen LogP contribution < -0.4 is 5.32 Å². The third-order valence-corrected chi connectivity index (χ3v) is 2.90. The zero-order chi connectivity index (χ0) is 12.3. The van der Waals surface area contributed by atoms with Gasteiger partial charge in [0.1, 0.15) is 0 Å². The van der Waals surface area contributed by atoms with Crippen molar-refractivity contribution in [2.75, 3.05) is 5.32 Å². The van der Waals surface area contributed by atoms with Crippen LogP contribution in [0, 0.1) is 13.8 Å². The SMILES string of the molecule is CCCn1ccnc1Nc1c(C)cccc1C. The molecule has 2 aromatic rings. The molecule has 1 aromatic heterocycles. The van der Waals surface area contributed by atoms with E-state index in [0.717, 1.165) is 24.6 Å². The molecule has 1 heterocycles. The topological polar surface area (TPSA) is 29.9 Å². The van der Waals surface area contributed by atoms with Gasteiger partial charge in [-0.1, -0.05) is 25.1 Å². The summed E-state index contributed by atoms with van der Waals surface area (Å²) in [5.41, 5.74) is 3.66. The average molecular weight is 229 g/mol. The van der Waals surface area contributed by atoms with Crippen molar-refractivity contribution in [3.8, 4) is 0 Å². The summed E-state index contributed by atoms with van der Waals surface area (Å²) in [4.78, 5) is 4.36. The molecule has 0 aliphatic heterocycles. The summed E-state index contributed by atoms with van der Waals surface area (Å²) >= 11 is 0. The maximum atomic E-state index is 4.36. The fourth-order valence-corrected chi connectivity index (χ4v) is 1.98. The summed E-state index contributed by atoms with van der Waals surface area (Å²) in [5, 5.41) is 3.43. The molecule has 0 aliphatic rings. The highest BCUT2D eigenvalue weighted by molar-refractivity contribution is 5.62. The predicted octanol–water partition coefficient (Wildman–Crippen LogP) is 3.65. The minimum absolute atomic E-state index is 0.921. The van der Waals surface area contributed by atoms with Crippen LogP contribution >= 0.6 is 0 Å². The summed E-state index contributed by atoms with van der Waals surface area (Å²) in [6.07, 6.45) is 4.96. The first-order valence-corrected chi connectivity index (χ1v) is 6.06. The summed E-state index contributed by atoms with van der Waals surface area (Å²) in [6, 6.07) is 6.30. The Balaban J connectivity index is 2.28. The molecule has 0 saturated carbocycles. The largest absolute Gasteiger partial charge is 0.325 e. The molecule has 17 heavy (non-hydrogen) atoms. The van der Waals surface area contributed by atoms with Gasteiger partial charge in [0, 0.05) is 24.6 Å². The van der Waals surface area contributed by atoms with E-state index in [1.807, 2.05) is 12.4 Å². The van der Waals surface area contributed by atoms with E-state index in [1.54, 1.807) is 0 Å². The standard InChI is InChI=1S/C14H19N3/c1-4-9-17-10-8-15-14(17)16-13-11(2)6-5-7-12(13)3/h5-8,10H,4,9H2,1-3H3,(H,15,16). The molecular formula is C14H19N3. The van der Waals surface area contributed by atoms with Crippen LogP contribution in [0.25, 0.3) is 0 Å². The van der Waals surface area contributed by atoms with Crippen molar-refractivity contribution in [3.63, 3.8) is 0 Å². The Bertz CT molecular complexity index is 480. The smallest absolute Gasteiger partial charge is 0.207 e. The van der Waals surface area contributed by atoms with E-state index in [2.05, 4.69) is 53.8 Å². The Morgan fingerprint density at radius 2 is 1.94 bits per heavy atom. The zero-order valence-corrected chi connectivity index (χ0v) is 10.7. The van der Waals surface area contributed by atoms with Crippen molar-refractivity contribution in [1.29, 1.82) is 0 Å². The van der Waals surface area contributed by atoms with Crippen LogP contribution in [-0.2, 0) is 6.54 Å². The van der Waals surface area contributed by atoms with Gasteiger partial charge in [-0.2, -0.15) is 0 Å². The number of benzene rings is 1. The van der Waals surface area contributed by atoms with E-state index in [4.69, 9.17) is 0 Å². The molecule has 2 rings (SSSR count). The number of aromatic nitrogens is 2. The molecule has 0 bridgehead atoms. The Kier molecular flexibility index (Phi) is 3.47. The first kappa shape index (κ1) is 11.7. The molecule has 3 heteroatoms. The van der Waals surface area contributed by atoms with Crippen LogP contribution in [0.5, 0.6) is 0 Å². The van der Waals surface area contributed by atoms with Crippen molar-refractivity contribution >= 4 is 11.6 Å². The highest BCUT2D eigenvalue weighted by Gasteiger charge is 2.06. The number of anilines is 2. The molecule has 90 valence electrons. The molecule has 1 N–H and O–H groups in total. The lowest BCUT2D eigenvalue weighted by Crippen LogP contribution is -2.04. The fraction of sp³-hybridized carbons (Fsp3) is 0.357. The minimum Gasteiger partial charge on any atom is -0.325 e. The number of hydrogen-bond donors (Lipinski definition) is 1. The van der Waals surface area contributed by atoms with Crippen molar-refractivity contribution in [3.05, 3.63) is 41.7 Å². The van der Waals surface area contributed by atoms with E-state index in [-0.39, 0.29) is 0 Å². The van der Waals surface area contributed by atoms with Gasteiger partial charge in [0.05, 0.1) is 0 Å². The molecular weight excluding hydrogens is 210 g/mol. The summed E-state index contributed by atoms with van der Waals surface area (Å²) < 4.78 is 2.14. The Morgan fingerprint density at radius 1 is 1.24 bits per heavy atom. The maximum Gasteiger partial charge on any atom is 0.207 e. The van der Waals surface area contributed by atoms with Crippen molar-refractivity contribution in [2.24, 2.45) is 0 Å². The normalized spacial score (nSPS) is 10.5. The van der Waals surface area contributed by atoms with Gasteiger partial charge in [-0.25, -0.2) is 4.98 Å². The molecule has 0 radical (unpaired) electrons. The van der Waals surface area contributed by atoms with Gasteiger partial charge in [-0.3, -0.25) is 0 Å². The lowest BCUT2D eigenvalue weighted by Gasteiger charge is -2.13. The van der Waals surface area contributed by atoms with Crippen LogP contribution in [0.1, 0.15) is 24.5 Å². The number of aryl methyl sites for hydroxylation is 3. The molecule has 0 spiro atoms. The average Bonchev–Trinajstić information content (AvgIpc) is 2.72. The van der Waals surface area contributed by atoms with Crippen molar-refractivity contribution in [1.82, 2.24) is 9.55 Å². The summed E-state index contributed by atoms with van der Waals surface area (Å²) in [7, 11) is 0. The van der Waals surface area contributed by atoms with E-state index in [1.165, 1.54) is 11.1 Å². The molecule has 3 nitrogen and oxygen atoms in total. The van der Waals surface area contributed by atoms with Crippen LogP contribution in [-0.4, -0.2) is 9.55 Å². The lowest BCUT2D eigenvalue weighted by atomic mass is 10.1. The van der Waals surface area contributed by atoms with Crippen LogP contribution in [0.3, 0.4) is 0 Å². The van der Waals surface area contributed by atoms with Gasteiger partial charge in [0.15, 0.2) is 0 Å². The van der Waals surface area contributed by atoms with Gasteiger partial charge in [-0.15, -0.1) is 0 Å². The first-order chi connectivity index (χ1) is 8.22. The molecule has 0 amide bonds. The van der Waals surface area contributed by atoms with E-state index >= 15 is 0 Å². The molecule has 0 fully saturated rings. The Hall–Kier alpha value is -1.77. The van der Waals surface area contributed by atoms with Crippen molar-refractivity contribution in [2.45, 2.75) is 33.7 Å². The highest BCUT2D eigenvalue weighted by atomic mass is 15.2. The van der Waals surface area contributed by atoms with Gasteiger partial charge in [0.25, 0.3) is 0 Å². The highest BCUT2D eigenvalue weighted by Crippen LogP contribution is 2.23. The third kappa shape index (κ3) is 2.49. The number of para-hydroxylation sites is 1. The predicted molar refractivity (Wildman–Crippen MR) is 71.7 cm³/mol. The second-order valence-electron chi connectivity index (χ2n) is 4.34. The maximum absolute atomic E-state index is 4.36. The lowest BCUT2D eigenvalue weighted by molar-refractivity contribution is 0.686. The molecule has 0 unspecified atom stereocenters. The van der Waals surface area contributed by atoms with Gasteiger partial charge in [0.2, 0.25) is 5.95 Å². The molecule has 0 atom stereocenters. The molecule has 0 aliphatic carbocycles. The second-order valence-corrected chi connectivity index (χ2v) is 4.34. The zero-order valence-electron chi connectivity index (χ0n) is 10.7. The fourth-order valence-electron chi connectivity index (χ4n) is 1.98. The number of rotatable bonds is 4. The second kappa shape index (κ2) is 5.04. The minimum atomic E-state index is 0.921. The van der Waals surface area contributed by atoms with E-state index in [0.29, 0.717) is 0 Å². The van der Waals surface area contributed by atoms with E-state index < -0.39 is 0 Å². The van der Waals surface area contributed by atoms with Gasteiger partial charge >= 0.3 is 0 Å². The molecule has 0 saturated heterocycles. The van der Waals surface area contributed by atoms with Crippen molar-refractivity contribution < 1.29 is 0 Å². The third-order valence-electron chi connectivity index (χ3n) is 2.90. The Labute approximate surface area is 103 Å². The first-order valence-electron chi connectivity index (χ1n) is 6.06. The number of hydrogen-bond acceptors (Lipinski definition) is 2. The van der Waals surface area contributed by atoms with Crippen LogP contribution in [0.15, 0.2) is 30.6 Å². The quantitative estimate of drug-likeness (QED) is 0.867. The summed E-state index contributed by atoms with van der Waals surface area (Å²) in [6.45, 7) is 7.39. The number of imidazole rings is 1. The monoisotopic (exact) mass is 229 g/mol. The van der Waals surface area contributed by atoms with Crippen LogP contribution in [0.2, 0.25) is 0 Å². The number of nitrogens with one attached hydrogen (secondary N) is 1. The number of nitrogens with zero attached hydrogens (tertiary/aromatic N) is 2. The Morgan fingerprint density at radius 3 is 2.59 bits per heavy atom. The van der Waals surface area contributed by atoms with E-state index in [9.17, 15) is 0 Å².